The summed E-state index contributed by atoms with van der Waals surface area (Å²) in [5.41, 5.74) is 2.05. The molecule has 2 aromatic rings. The van der Waals surface area contributed by atoms with E-state index in [1.807, 2.05) is 25.1 Å². The summed E-state index contributed by atoms with van der Waals surface area (Å²) >= 11 is 0. The van der Waals surface area contributed by atoms with E-state index < -0.39 is 11.6 Å². The highest BCUT2D eigenvalue weighted by molar-refractivity contribution is 5.34. The average molecular weight is 445 g/mol. The lowest BCUT2D eigenvalue weighted by Gasteiger charge is -2.31. The fraction of sp³-hybridized carbons (Fsp3) is 0.571. The molecule has 2 saturated carbocycles. The minimum absolute atomic E-state index is 0.0261. The van der Waals surface area contributed by atoms with Crippen molar-refractivity contribution >= 4 is 0 Å². The summed E-state index contributed by atoms with van der Waals surface area (Å²) in [4.78, 5) is 0. The third kappa shape index (κ3) is 4.84. The number of hydrogen-bond acceptors (Lipinski definition) is 1. The summed E-state index contributed by atoms with van der Waals surface area (Å²) in [6.45, 7) is 4.48. The molecule has 2 fully saturated rings. The zero-order chi connectivity index (χ0) is 22.7. The first-order chi connectivity index (χ1) is 15.5. The molecule has 2 aromatic carbocycles. The Labute approximate surface area is 190 Å². The molecule has 2 aliphatic rings. The van der Waals surface area contributed by atoms with E-state index in [0.717, 1.165) is 62.8 Å². The SMILES string of the molecule is CCOc1ccc(C2CCC(c3ccc(C4CCC(CC)CC4)c(F)c3F)CC2)cc1F. The third-order valence-corrected chi connectivity index (χ3v) is 7.90. The quantitative estimate of drug-likeness (QED) is 0.433. The topological polar surface area (TPSA) is 9.23 Å². The lowest BCUT2D eigenvalue weighted by molar-refractivity contribution is 0.311. The molecule has 0 amide bonds. The van der Waals surface area contributed by atoms with Crippen molar-refractivity contribution in [2.24, 2.45) is 5.92 Å². The van der Waals surface area contributed by atoms with E-state index in [2.05, 4.69) is 6.92 Å². The van der Waals surface area contributed by atoms with E-state index in [0.29, 0.717) is 17.7 Å². The summed E-state index contributed by atoms with van der Waals surface area (Å²) in [6.07, 6.45) is 8.59. The van der Waals surface area contributed by atoms with Crippen LogP contribution in [0.3, 0.4) is 0 Å². The van der Waals surface area contributed by atoms with E-state index in [4.69, 9.17) is 4.74 Å². The molecule has 174 valence electrons. The maximum absolute atomic E-state index is 15.1. The molecule has 4 rings (SSSR count). The summed E-state index contributed by atoms with van der Waals surface area (Å²) in [5, 5.41) is 0. The number of rotatable bonds is 6. The third-order valence-electron chi connectivity index (χ3n) is 7.90. The van der Waals surface area contributed by atoms with Gasteiger partial charge in [-0.25, -0.2) is 13.2 Å². The second kappa shape index (κ2) is 10.3. The van der Waals surface area contributed by atoms with Crippen molar-refractivity contribution in [1.82, 2.24) is 0 Å². The van der Waals surface area contributed by atoms with E-state index in [9.17, 15) is 4.39 Å². The molecule has 2 aliphatic carbocycles. The molecule has 0 N–H and O–H groups in total. The van der Waals surface area contributed by atoms with Gasteiger partial charge in [-0.1, -0.05) is 31.5 Å². The van der Waals surface area contributed by atoms with Gasteiger partial charge in [-0.05, 0) is 111 Å². The highest BCUT2D eigenvalue weighted by atomic mass is 19.2. The van der Waals surface area contributed by atoms with Crippen molar-refractivity contribution in [3.63, 3.8) is 0 Å². The van der Waals surface area contributed by atoms with Gasteiger partial charge in [0.25, 0.3) is 0 Å². The molecule has 0 atom stereocenters. The first-order valence-electron chi connectivity index (χ1n) is 12.4. The van der Waals surface area contributed by atoms with Crippen LogP contribution in [0.15, 0.2) is 30.3 Å². The molecule has 0 aliphatic heterocycles. The molecule has 0 heterocycles. The zero-order valence-electron chi connectivity index (χ0n) is 19.3. The Hall–Kier alpha value is -1.97. The average Bonchev–Trinajstić information content (AvgIpc) is 2.82. The molecule has 0 saturated heterocycles. The van der Waals surface area contributed by atoms with Gasteiger partial charge in [0.1, 0.15) is 0 Å². The van der Waals surface area contributed by atoms with Crippen LogP contribution in [0.5, 0.6) is 5.75 Å². The largest absolute Gasteiger partial charge is 0.491 e. The zero-order valence-corrected chi connectivity index (χ0v) is 19.3. The number of hydrogen-bond donors (Lipinski definition) is 0. The molecule has 1 nitrogen and oxygen atoms in total. The number of ether oxygens (including phenoxy) is 1. The lowest BCUT2D eigenvalue weighted by atomic mass is 9.74. The summed E-state index contributed by atoms with van der Waals surface area (Å²) in [7, 11) is 0. The van der Waals surface area contributed by atoms with E-state index in [1.165, 1.54) is 6.42 Å². The van der Waals surface area contributed by atoms with Crippen LogP contribution in [0.2, 0.25) is 0 Å². The second-order valence-corrected chi connectivity index (χ2v) is 9.67. The van der Waals surface area contributed by atoms with Crippen molar-refractivity contribution in [1.29, 1.82) is 0 Å². The predicted molar refractivity (Wildman–Crippen MR) is 123 cm³/mol. The van der Waals surface area contributed by atoms with E-state index in [-0.39, 0.29) is 29.3 Å². The molecule has 4 heteroatoms. The Bertz CT molecular complexity index is 909. The minimum atomic E-state index is -0.643. The van der Waals surface area contributed by atoms with Crippen LogP contribution in [-0.2, 0) is 0 Å². The van der Waals surface area contributed by atoms with Crippen LogP contribution in [0.4, 0.5) is 13.2 Å². The van der Waals surface area contributed by atoms with Crippen LogP contribution in [0, 0.1) is 23.4 Å². The summed E-state index contributed by atoms with van der Waals surface area (Å²) in [5.74, 6) is -0.164. The fourth-order valence-corrected chi connectivity index (χ4v) is 5.87. The van der Waals surface area contributed by atoms with Crippen LogP contribution in [-0.4, -0.2) is 6.61 Å². The standard InChI is InChI=1S/C28H35F3O/c1-3-18-5-7-20(8-6-18)23-14-15-24(28(31)27(23)30)21-11-9-19(10-12-21)22-13-16-26(32-4-2)25(29)17-22/h13-21H,3-12H2,1-2H3. The monoisotopic (exact) mass is 444 g/mol. The van der Waals surface area contributed by atoms with Gasteiger partial charge in [0.2, 0.25) is 0 Å². The Morgan fingerprint density at radius 2 is 1.25 bits per heavy atom. The van der Waals surface area contributed by atoms with Crippen molar-refractivity contribution in [2.75, 3.05) is 6.61 Å². The Morgan fingerprint density at radius 1 is 0.719 bits per heavy atom. The molecule has 0 radical (unpaired) electrons. The number of halogens is 3. The normalized spacial score (nSPS) is 26.2. The first-order valence-corrected chi connectivity index (χ1v) is 12.4. The fourth-order valence-electron chi connectivity index (χ4n) is 5.87. The van der Waals surface area contributed by atoms with Crippen LogP contribution in [0.1, 0.15) is 106 Å². The maximum atomic E-state index is 15.1. The van der Waals surface area contributed by atoms with Crippen LogP contribution >= 0.6 is 0 Å². The van der Waals surface area contributed by atoms with Crippen LogP contribution < -0.4 is 4.74 Å². The van der Waals surface area contributed by atoms with Gasteiger partial charge in [0.15, 0.2) is 23.2 Å². The van der Waals surface area contributed by atoms with Gasteiger partial charge in [0, 0.05) is 0 Å². The van der Waals surface area contributed by atoms with Crippen molar-refractivity contribution < 1.29 is 17.9 Å². The van der Waals surface area contributed by atoms with Gasteiger partial charge in [0.05, 0.1) is 6.61 Å². The summed E-state index contributed by atoms with van der Waals surface area (Å²) < 4.78 is 49.7. The van der Waals surface area contributed by atoms with Gasteiger partial charge < -0.3 is 4.74 Å². The molecular formula is C28H35F3O. The summed E-state index contributed by atoms with van der Waals surface area (Å²) in [6, 6.07) is 8.88. The molecular weight excluding hydrogens is 409 g/mol. The second-order valence-electron chi connectivity index (χ2n) is 9.67. The molecule has 0 bridgehead atoms. The van der Waals surface area contributed by atoms with Crippen molar-refractivity contribution in [2.45, 2.75) is 89.4 Å². The van der Waals surface area contributed by atoms with Crippen molar-refractivity contribution in [3.05, 3.63) is 64.5 Å². The minimum Gasteiger partial charge on any atom is -0.491 e. The van der Waals surface area contributed by atoms with E-state index in [1.54, 1.807) is 12.1 Å². The maximum Gasteiger partial charge on any atom is 0.165 e. The predicted octanol–water partition coefficient (Wildman–Crippen LogP) is 8.63. The first kappa shape index (κ1) is 23.2. The van der Waals surface area contributed by atoms with Gasteiger partial charge >= 0.3 is 0 Å². The van der Waals surface area contributed by atoms with Crippen LogP contribution in [0.25, 0.3) is 0 Å². The van der Waals surface area contributed by atoms with Gasteiger partial charge in [-0.2, -0.15) is 0 Å². The van der Waals surface area contributed by atoms with E-state index >= 15 is 8.78 Å². The molecule has 0 unspecified atom stereocenters. The highest BCUT2D eigenvalue weighted by Gasteiger charge is 2.30. The number of benzene rings is 2. The van der Waals surface area contributed by atoms with Gasteiger partial charge in [-0.15, -0.1) is 0 Å². The Balaban J connectivity index is 1.41. The Kier molecular flexibility index (Phi) is 7.48. The van der Waals surface area contributed by atoms with Gasteiger partial charge in [-0.3, -0.25) is 0 Å². The molecule has 0 spiro atoms. The smallest absolute Gasteiger partial charge is 0.165 e. The molecule has 0 aromatic heterocycles. The highest BCUT2D eigenvalue weighted by Crippen LogP contribution is 2.44. The lowest BCUT2D eigenvalue weighted by Crippen LogP contribution is -2.17. The molecule has 32 heavy (non-hydrogen) atoms. The van der Waals surface area contributed by atoms with Crippen molar-refractivity contribution in [3.8, 4) is 5.75 Å². The Morgan fingerprint density at radius 3 is 1.75 bits per heavy atom.